The van der Waals surface area contributed by atoms with Crippen LogP contribution in [-0.2, 0) is 19.1 Å². The quantitative estimate of drug-likeness (QED) is 0.239. The van der Waals surface area contributed by atoms with Crippen molar-refractivity contribution in [3.8, 4) is 0 Å². The van der Waals surface area contributed by atoms with E-state index in [0.717, 1.165) is 0 Å². The highest BCUT2D eigenvalue weighted by atomic mass is 35.5. The second-order valence-corrected chi connectivity index (χ2v) is 4.26. The molecule has 1 atom stereocenters. The van der Waals surface area contributed by atoms with Gasteiger partial charge in [0.15, 0.2) is 10.7 Å². The fourth-order valence-electron chi connectivity index (χ4n) is 1.54. The Bertz CT molecular complexity index is 309. The molecular weight excluding hydrogens is 262 g/mol. The Kier molecular flexibility index (Phi) is 6.55. The highest BCUT2D eigenvalue weighted by Gasteiger charge is 2.48. The van der Waals surface area contributed by atoms with Crippen molar-refractivity contribution in [1.82, 2.24) is 16.0 Å². The van der Waals surface area contributed by atoms with Crippen LogP contribution in [0.1, 0.15) is 6.42 Å². The van der Waals surface area contributed by atoms with Crippen LogP contribution >= 0.6 is 11.6 Å². The highest BCUT2D eigenvalue weighted by molar-refractivity contribution is 6.33. The smallest absolute Gasteiger partial charge is 0.341 e. The van der Waals surface area contributed by atoms with Crippen LogP contribution in [0.4, 0.5) is 0 Å². The van der Waals surface area contributed by atoms with Crippen molar-refractivity contribution < 1.29 is 19.1 Å². The SMILES string of the molecule is CNC(Cl)(CC(NC)(NC)C(=O)OC)C(=O)OC. The van der Waals surface area contributed by atoms with Gasteiger partial charge in [-0.3, -0.25) is 16.0 Å². The van der Waals surface area contributed by atoms with Crippen LogP contribution in [-0.4, -0.2) is 58.0 Å². The molecule has 0 saturated heterocycles. The molecule has 0 rings (SSSR count). The molecule has 0 aromatic carbocycles. The molecule has 0 saturated carbocycles. The monoisotopic (exact) mass is 281 g/mol. The van der Waals surface area contributed by atoms with Crippen molar-refractivity contribution in [1.29, 1.82) is 0 Å². The van der Waals surface area contributed by atoms with Crippen LogP contribution in [0.15, 0.2) is 0 Å². The van der Waals surface area contributed by atoms with Gasteiger partial charge in [0.25, 0.3) is 0 Å². The van der Waals surface area contributed by atoms with Crippen LogP contribution in [0, 0.1) is 0 Å². The summed E-state index contributed by atoms with van der Waals surface area (Å²) in [5, 5.41) is 8.17. The fourth-order valence-corrected chi connectivity index (χ4v) is 1.82. The number of alkyl halides is 1. The number of likely N-dealkylation sites (N-methyl/N-ethyl adjacent to an activating group) is 3. The number of esters is 2. The van der Waals surface area contributed by atoms with Crippen LogP contribution in [0.2, 0.25) is 0 Å². The number of hydrogen-bond acceptors (Lipinski definition) is 7. The molecule has 7 nitrogen and oxygen atoms in total. The topological polar surface area (TPSA) is 88.7 Å². The molecular formula is C10H20ClN3O4. The molecule has 0 aliphatic heterocycles. The molecule has 3 N–H and O–H groups in total. The number of hydrogen-bond donors (Lipinski definition) is 3. The summed E-state index contributed by atoms with van der Waals surface area (Å²) in [5.74, 6) is -1.28. The lowest BCUT2D eigenvalue weighted by molar-refractivity contribution is -0.153. The summed E-state index contributed by atoms with van der Waals surface area (Å²) in [6, 6.07) is 0. The van der Waals surface area contributed by atoms with E-state index in [2.05, 4.69) is 20.7 Å². The summed E-state index contributed by atoms with van der Waals surface area (Å²) in [6.45, 7) is 0. The van der Waals surface area contributed by atoms with Gasteiger partial charge in [-0.1, -0.05) is 11.6 Å². The molecule has 106 valence electrons. The zero-order chi connectivity index (χ0) is 14.4. The van der Waals surface area contributed by atoms with Gasteiger partial charge >= 0.3 is 11.9 Å². The van der Waals surface area contributed by atoms with Gasteiger partial charge in [0.2, 0.25) is 0 Å². The first kappa shape index (κ1) is 17.1. The molecule has 18 heavy (non-hydrogen) atoms. The Morgan fingerprint density at radius 3 is 1.72 bits per heavy atom. The van der Waals surface area contributed by atoms with Gasteiger partial charge in [-0.15, -0.1) is 0 Å². The van der Waals surface area contributed by atoms with Crippen molar-refractivity contribution in [2.75, 3.05) is 35.4 Å². The predicted molar refractivity (Wildman–Crippen MR) is 67.1 cm³/mol. The maximum Gasteiger partial charge on any atom is 0.341 e. The average Bonchev–Trinajstić information content (AvgIpc) is 2.42. The maximum absolute atomic E-state index is 11.8. The minimum atomic E-state index is -1.55. The lowest BCUT2D eigenvalue weighted by Crippen LogP contribution is -2.66. The van der Waals surface area contributed by atoms with E-state index >= 15 is 0 Å². The van der Waals surface area contributed by atoms with Crippen LogP contribution in [0.3, 0.4) is 0 Å². The third kappa shape index (κ3) is 3.32. The molecule has 0 aliphatic rings. The summed E-state index contributed by atoms with van der Waals surface area (Å²) >= 11 is 6.14. The molecule has 8 heteroatoms. The van der Waals surface area contributed by atoms with Gasteiger partial charge in [-0.2, -0.15) is 0 Å². The summed E-state index contributed by atoms with van der Waals surface area (Å²) in [6.07, 6.45) is -0.107. The van der Waals surface area contributed by atoms with Crippen molar-refractivity contribution in [2.45, 2.75) is 17.1 Å². The molecule has 0 bridgehead atoms. The lowest BCUT2D eigenvalue weighted by Gasteiger charge is -2.36. The van der Waals surface area contributed by atoms with Gasteiger partial charge in [0.1, 0.15) is 0 Å². The number of methoxy groups -OCH3 is 2. The van der Waals surface area contributed by atoms with E-state index in [9.17, 15) is 9.59 Å². The molecule has 0 spiro atoms. The van der Waals surface area contributed by atoms with E-state index in [4.69, 9.17) is 16.3 Å². The summed E-state index contributed by atoms with van der Waals surface area (Å²) in [4.78, 5) is 21.9. The molecule has 0 heterocycles. The van der Waals surface area contributed by atoms with E-state index in [0.29, 0.717) is 0 Å². The zero-order valence-corrected chi connectivity index (χ0v) is 12.0. The van der Waals surface area contributed by atoms with E-state index < -0.39 is 22.6 Å². The number of ether oxygens (including phenoxy) is 2. The number of nitrogens with one attached hydrogen (secondary N) is 3. The molecule has 0 aromatic heterocycles. The summed E-state index contributed by atoms with van der Waals surface area (Å²) in [5.41, 5.74) is -1.30. The van der Waals surface area contributed by atoms with Crippen molar-refractivity contribution in [2.24, 2.45) is 0 Å². The molecule has 0 amide bonds. The summed E-state index contributed by atoms with van der Waals surface area (Å²) < 4.78 is 9.31. The molecule has 0 aromatic rings. The van der Waals surface area contributed by atoms with Gasteiger partial charge in [-0.25, -0.2) is 9.59 Å². The maximum atomic E-state index is 11.8. The first-order valence-electron chi connectivity index (χ1n) is 5.28. The standard InChI is InChI=1S/C10H20ClN3O4/c1-12-9(11,7(15)17-4)6-10(13-2,14-3)8(16)18-5/h12-14H,6H2,1-5H3. The number of carbonyl (C=O) groups excluding carboxylic acids is 2. The van der Waals surface area contributed by atoms with Crippen LogP contribution in [0.25, 0.3) is 0 Å². The Labute approximate surface area is 112 Å². The Morgan fingerprint density at radius 1 is 1.00 bits per heavy atom. The van der Waals surface area contributed by atoms with Gasteiger partial charge in [-0.05, 0) is 21.1 Å². The Balaban J connectivity index is 5.30. The first-order valence-corrected chi connectivity index (χ1v) is 5.66. The lowest BCUT2D eigenvalue weighted by atomic mass is 9.99. The average molecular weight is 282 g/mol. The zero-order valence-electron chi connectivity index (χ0n) is 11.2. The minimum absolute atomic E-state index is 0.107. The molecule has 0 fully saturated rings. The van der Waals surface area contributed by atoms with E-state index in [1.807, 2.05) is 0 Å². The molecule has 1 unspecified atom stereocenters. The number of halogens is 1. The first-order chi connectivity index (χ1) is 8.35. The normalized spacial score (nSPS) is 14.8. The van der Waals surface area contributed by atoms with Crippen LogP contribution < -0.4 is 16.0 Å². The van der Waals surface area contributed by atoms with Crippen LogP contribution in [0.5, 0.6) is 0 Å². The third-order valence-corrected chi connectivity index (χ3v) is 3.28. The minimum Gasteiger partial charge on any atom is -0.467 e. The van der Waals surface area contributed by atoms with E-state index in [-0.39, 0.29) is 6.42 Å². The Hall–Kier alpha value is -0.890. The second-order valence-electron chi connectivity index (χ2n) is 3.62. The predicted octanol–water partition coefficient (Wildman–Crippen LogP) is -0.988. The Morgan fingerprint density at radius 2 is 1.44 bits per heavy atom. The molecule has 0 aliphatic carbocycles. The molecule has 0 radical (unpaired) electrons. The highest BCUT2D eigenvalue weighted by Crippen LogP contribution is 2.25. The third-order valence-electron chi connectivity index (χ3n) is 2.80. The van der Waals surface area contributed by atoms with Gasteiger partial charge in [0.05, 0.1) is 14.2 Å². The van der Waals surface area contributed by atoms with Crippen molar-refractivity contribution in [3.05, 3.63) is 0 Å². The second kappa shape index (κ2) is 6.89. The number of rotatable bonds is 7. The number of carbonyl (C=O) groups is 2. The van der Waals surface area contributed by atoms with Gasteiger partial charge < -0.3 is 9.47 Å². The van der Waals surface area contributed by atoms with Crippen molar-refractivity contribution >= 4 is 23.5 Å². The van der Waals surface area contributed by atoms with E-state index in [1.54, 1.807) is 14.1 Å². The largest absolute Gasteiger partial charge is 0.467 e. The van der Waals surface area contributed by atoms with E-state index in [1.165, 1.54) is 21.3 Å². The summed E-state index contributed by atoms with van der Waals surface area (Å²) in [7, 11) is 7.07. The van der Waals surface area contributed by atoms with Gasteiger partial charge in [0, 0.05) is 6.42 Å². The fraction of sp³-hybridized carbons (Fsp3) is 0.800. The van der Waals surface area contributed by atoms with Crippen molar-refractivity contribution in [3.63, 3.8) is 0 Å².